The predicted octanol–water partition coefficient (Wildman–Crippen LogP) is 4.16. The number of carbonyl (C=O) groups excluding carboxylic acids is 2. The van der Waals surface area contributed by atoms with Crippen LogP contribution in [0.1, 0.15) is 22.8 Å². The average molecular weight is 362 g/mol. The second-order valence-electron chi connectivity index (χ2n) is 5.30. The highest BCUT2D eigenvalue weighted by molar-refractivity contribution is 8.00. The van der Waals surface area contributed by atoms with Gasteiger partial charge >= 0.3 is 5.97 Å². The second kappa shape index (κ2) is 7.28. The van der Waals surface area contributed by atoms with Crippen molar-refractivity contribution < 1.29 is 14.3 Å². The molecule has 1 aliphatic heterocycles. The molecule has 0 saturated carbocycles. The molecule has 2 aromatic rings. The lowest BCUT2D eigenvalue weighted by Crippen LogP contribution is -2.35. The van der Waals surface area contributed by atoms with Crippen molar-refractivity contribution in [2.45, 2.75) is 18.4 Å². The van der Waals surface area contributed by atoms with Crippen molar-refractivity contribution in [1.29, 1.82) is 0 Å². The molecule has 0 aliphatic carbocycles. The van der Waals surface area contributed by atoms with Gasteiger partial charge in [0.25, 0.3) is 0 Å². The highest BCUT2D eigenvalue weighted by atomic mass is 35.5. The van der Waals surface area contributed by atoms with Crippen LogP contribution in [-0.4, -0.2) is 24.2 Å². The highest BCUT2D eigenvalue weighted by Gasteiger charge is 2.26. The van der Waals surface area contributed by atoms with E-state index in [0.717, 1.165) is 16.1 Å². The van der Waals surface area contributed by atoms with E-state index in [2.05, 4.69) is 0 Å². The van der Waals surface area contributed by atoms with Crippen LogP contribution < -0.4 is 4.90 Å². The zero-order valence-electron chi connectivity index (χ0n) is 13.1. The third-order valence-electron chi connectivity index (χ3n) is 3.67. The Morgan fingerprint density at radius 2 is 2.00 bits per heavy atom. The molecule has 0 N–H and O–H groups in total. The number of hydrogen-bond donors (Lipinski definition) is 0. The van der Waals surface area contributed by atoms with Gasteiger partial charge < -0.3 is 9.64 Å². The molecule has 0 radical (unpaired) electrons. The number of benzene rings is 2. The van der Waals surface area contributed by atoms with Crippen LogP contribution in [0, 0.1) is 0 Å². The van der Waals surface area contributed by atoms with Crippen molar-refractivity contribution >= 4 is 40.9 Å². The molecule has 0 bridgehead atoms. The Balaban J connectivity index is 1.93. The summed E-state index contributed by atoms with van der Waals surface area (Å²) in [6.07, 6.45) is 0. The molecule has 24 heavy (non-hydrogen) atoms. The first-order valence-corrected chi connectivity index (χ1v) is 8.93. The fourth-order valence-corrected chi connectivity index (χ4v) is 3.53. The smallest absolute Gasteiger partial charge is 0.338 e. The van der Waals surface area contributed by atoms with Gasteiger partial charge in [-0.1, -0.05) is 23.7 Å². The lowest BCUT2D eigenvalue weighted by molar-refractivity contribution is -0.116. The lowest BCUT2D eigenvalue weighted by atomic mass is 10.1. The molecule has 1 amide bonds. The van der Waals surface area contributed by atoms with Crippen LogP contribution in [0.3, 0.4) is 0 Å². The number of nitrogens with zero attached hydrogens (tertiary/aromatic N) is 1. The van der Waals surface area contributed by atoms with Crippen molar-refractivity contribution in [3.63, 3.8) is 0 Å². The topological polar surface area (TPSA) is 46.6 Å². The van der Waals surface area contributed by atoms with Gasteiger partial charge in [-0.2, -0.15) is 0 Å². The number of thioether (sulfide) groups is 1. The van der Waals surface area contributed by atoms with E-state index in [1.807, 2.05) is 18.2 Å². The van der Waals surface area contributed by atoms with Gasteiger partial charge in [-0.3, -0.25) is 4.79 Å². The second-order valence-corrected chi connectivity index (χ2v) is 6.75. The number of fused-ring (bicyclic) bond motifs is 1. The number of hydrogen-bond acceptors (Lipinski definition) is 4. The maximum atomic E-state index is 12.4. The van der Waals surface area contributed by atoms with Gasteiger partial charge in [-0.25, -0.2) is 4.79 Å². The van der Waals surface area contributed by atoms with Crippen LogP contribution >= 0.6 is 23.4 Å². The highest BCUT2D eigenvalue weighted by Crippen LogP contribution is 2.37. The van der Waals surface area contributed by atoms with Crippen molar-refractivity contribution in [2.75, 3.05) is 17.3 Å². The van der Waals surface area contributed by atoms with Crippen molar-refractivity contribution in [2.24, 2.45) is 0 Å². The first-order valence-electron chi connectivity index (χ1n) is 7.57. The fraction of sp³-hybridized carbons (Fsp3) is 0.222. The SMILES string of the molecule is CCOC(=O)c1ccc2c(c1)N(Cc1ccc(Cl)cc1)C(=O)CS2. The standard InChI is InChI=1S/C18H16ClNO3S/c1-2-23-18(22)13-5-8-16-15(9-13)20(17(21)11-24-16)10-12-3-6-14(19)7-4-12/h3-9H,2,10-11H2,1H3. The van der Waals surface area contributed by atoms with Crippen LogP contribution in [0.2, 0.25) is 5.02 Å². The van der Waals surface area contributed by atoms with Gasteiger partial charge in [-0.15, -0.1) is 11.8 Å². The number of halogens is 1. The number of rotatable bonds is 4. The Morgan fingerprint density at radius 1 is 1.25 bits per heavy atom. The summed E-state index contributed by atoms with van der Waals surface area (Å²) in [4.78, 5) is 27.1. The molecule has 0 atom stereocenters. The quantitative estimate of drug-likeness (QED) is 0.767. The number of ether oxygens (including phenoxy) is 1. The van der Waals surface area contributed by atoms with Gasteiger partial charge in [0.15, 0.2) is 0 Å². The molecule has 124 valence electrons. The zero-order valence-corrected chi connectivity index (χ0v) is 14.7. The van der Waals surface area contributed by atoms with Crippen molar-refractivity contribution in [1.82, 2.24) is 0 Å². The molecule has 0 saturated heterocycles. The van der Waals surface area contributed by atoms with E-state index in [0.29, 0.717) is 29.5 Å². The predicted molar refractivity (Wildman–Crippen MR) is 95.8 cm³/mol. The average Bonchev–Trinajstić information content (AvgIpc) is 2.59. The fourth-order valence-electron chi connectivity index (χ4n) is 2.49. The van der Waals surface area contributed by atoms with Crippen LogP contribution in [0.15, 0.2) is 47.4 Å². The largest absolute Gasteiger partial charge is 0.462 e. The van der Waals surface area contributed by atoms with Crippen LogP contribution in [-0.2, 0) is 16.1 Å². The summed E-state index contributed by atoms with van der Waals surface area (Å²) < 4.78 is 5.05. The normalized spacial score (nSPS) is 13.6. The summed E-state index contributed by atoms with van der Waals surface area (Å²) in [6, 6.07) is 12.7. The summed E-state index contributed by atoms with van der Waals surface area (Å²) in [5.41, 5.74) is 2.18. The monoisotopic (exact) mass is 361 g/mol. The van der Waals surface area contributed by atoms with Crippen LogP contribution in [0.5, 0.6) is 0 Å². The summed E-state index contributed by atoms with van der Waals surface area (Å²) in [5, 5.41) is 0.657. The van der Waals surface area contributed by atoms with E-state index in [1.165, 1.54) is 11.8 Å². The summed E-state index contributed by atoms with van der Waals surface area (Å²) in [5.74, 6) is 0.0255. The molecule has 1 aliphatic rings. The Morgan fingerprint density at radius 3 is 2.71 bits per heavy atom. The minimum absolute atomic E-state index is 0.0171. The Kier molecular flexibility index (Phi) is 5.11. The Hall–Kier alpha value is -1.98. The van der Waals surface area contributed by atoms with Crippen LogP contribution in [0.4, 0.5) is 5.69 Å². The minimum atomic E-state index is -0.380. The Bertz CT molecular complexity index is 776. The van der Waals surface area contributed by atoms with E-state index >= 15 is 0 Å². The molecule has 0 unspecified atom stereocenters. The molecule has 4 nitrogen and oxygen atoms in total. The van der Waals surface area contributed by atoms with Crippen molar-refractivity contribution in [3.8, 4) is 0 Å². The third-order valence-corrected chi connectivity index (χ3v) is 4.97. The first kappa shape index (κ1) is 16.9. The molecule has 0 fully saturated rings. The molecular weight excluding hydrogens is 346 g/mol. The van der Waals surface area contributed by atoms with E-state index in [1.54, 1.807) is 36.1 Å². The van der Waals surface area contributed by atoms with Gasteiger partial charge in [0.1, 0.15) is 0 Å². The zero-order chi connectivity index (χ0) is 17.1. The maximum Gasteiger partial charge on any atom is 0.338 e. The summed E-state index contributed by atoms with van der Waals surface area (Å²) >= 11 is 7.40. The van der Waals surface area contributed by atoms with Gasteiger partial charge in [0.2, 0.25) is 5.91 Å². The van der Waals surface area contributed by atoms with Crippen LogP contribution in [0.25, 0.3) is 0 Å². The van der Waals surface area contributed by atoms with E-state index in [4.69, 9.17) is 16.3 Å². The summed E-state index contributed by atoms with van der Waals surface area (Å²) in [7, 11) is 0. The first-order chi connectivity index (χ1) is 11.6. The van der Waals surface area contributed by atoms with Crippen molar-refractivity contribution in [3.05, 3.63) is 58.6 Å². The summed E-state index contributed by atoms with van der Waals surface area (Å²) in [6.45, 7) is 2.52. The lowest BCUT2D eigenvalue weighted by Gasteiger charge is -2.29. The minimum Gasteiger partial charge on any atom is -0.462 e. The van der Waals surface area contributed by atoms with E-state index in [9.17, 15) is 9.59 Å². The molecular formula is C18H16ClNO3S. The number of amides is 1. The number of carbonyl (C=O) groups is 2. The molecule has 6 heteroatoms. The maximum absolute atomic E-state index is 12.4. The molecule has 2 aromatic carbocycles. The van der Waals surface area contributed by atoms with E-state index < -0.39 is 0 Å². The third kappa shape index (κ3) is 3.57. The Labute approximate surface area is 149 Å². The van der Waals surface area contributed by atoms with E-state index in [-0.39, 0.29) is 11.9 Å². The number of esters is 1. The van der Waals surface area contributed by atoms with Gasteiger partial charge in [0.05, 0.1) is 30.2 Å². The molecule has 0 aromatic heterocycles. The molecule has 0 spiro atoms. The molecule has 3 rings (SSSR count). The van der Waals surface area contributed by atoms with Gasteiger partial charge in [0, 0.05) is 9.92 Å². The van der Waals surface area contributed by atoms with Gasteiger partial charge in [-0.05, 0) is 42.8 Å². The molecule has 1 heterocycles. The number of anilines is 1.